The molecule has 1 aliphatic heterocycles. The average Bonchev–Trinajstić information content (AvgIpc) is 2.97. The second-order valence-electron chi connectivity index (χ2n) is 4.90. The van der Waals surface area contributed by atoms with E-state index in [-0.39, 0.29) is 0 Å². The molecule has 3 rings (SSSR count). The molecule has 1 N–H and O–H groups in total. The second-order valence-corrected chi connectivity index (χ2v) is 5.82. The predicted molar refractivity (Wildman–Crippen MR) is 77.9 cm³/mol. The van der Waals surface area contributed by atoms with Gasteiger partial charge in [0.25, 0.3) is 0 Å². The zero-order valence-corrected chi connectivity index (χ0v) is 12.4. The normalized spacial score (nSPS) is 15.3. The molecule has 100 valence electrons. The molecule has 5 heteroatoms. The molecule has 2 aromatic rings. The van der Waals surface area contributed by atoms with E-state index in [1.54, 1.807) is 6.20 Å². The molecule has 1 aromatic heterocycles. The highest BCUT2D eigenvalue weighted by Gasteiger charge is 2.12. The van der Waals surface area contributed by atoms with Crippen molar-refractivity contribution in [2.24, 2.45) is 0 Å². The molecule has 0 radical (unpaired) electrons. The number of nitrogens with zero attached hydrogens (tertiary/aromatic N) is 2. The Hall–Kier alpha value is -1.33. The Labute approximate surface area is 120 Å². The van der Waals surface area contributed by atoms with Gasteiger partial charge in [-0.15, -0.1) is 0 Å². The van der Waals surface area contributed by atoms with E-state index in [0.717, 1.165) is 29.9 Å². The number of fused-ring (bicyclic) bond motifs is 1. The van der Waals surface area contributed by atoms with Crippen molar-refractivity contribution in [3.8, 4) is 0 Å². The van der Waals surface area contributed by atoms with Crippen LogP contribution in [0, 0.1) is 0 Å². The molecule has 0 bridgehead atoms. The molecule has 0 saturated heterocycles. The minimum absolute atomic E-state index is 0.312. The first-order valence-corrected chi connectivity index (χ1v) is 7.14. The molecule has 0 fully saturated rings. The lowest BCUT2D eigenvalue weighted by atomic mass is 10.1. The largest absolute Gasteiger partial charge is 0.381 e. The smallest absolute Gasteiger partial charge is 0.0725 e. The van der Waals surface area contributed by atoms with Crippen molar-refractivity contribution in [1.82, 2.24) is 9.78 Å². The Morgan fingerprint density at radius 3 is 3.05 bits per heavy atom. The van der Waals surface area contributed by atoms with Gasteiger partial charge < -0.3 is 10.1 Å². The monoisotopic (exact) mass is 321 g/mol. The molecule has 1 aromatic carbocycles. The first-order valence-electron chi connectivity index (χ1n) is 6.35. The third kappa shape index (κ3) is 2.98. The average molecular weight is 322 g/mol. The molecule has 0 saturated carbocycles. The Kier molecular flexibility index (Phi) is 3.57. The molecule has 19 heavy (non-hydrogen) atoms. The maximum atomic E-state index is 5.43. The van der Waals surface area contributed by atoms with Gasteiger partial charge in [0.05, 0.1) is 30.4 Å². The topological polar surface area (TPSA) is 39.1 Å². The van der Waals surface area contributed by atoms with Crippen molar-refractivity contribution in [2.45, 2.75) is 32.7 Å². The zero-order chi connectivity index (χ0) is 13.2. The van der Waals surface area contributed by atoms with Crippen LogP contribution in [0.15, 0.2) is 35.1 Å². The number of hydrogen-bond donors (Lipinski definition) is 1. The summed E-state index contributed by atoms with van der Waals surface area (Å²) in [6.45, 7) is 4.45. The van der Waals surface area contributed by atoms with Gasteiger partial charge in [-0.2, -0.15) is 5.10 Å². The summed E-state index contributed by atoms with van der Waals surface area (Å²) in [6.07, 6.45) is 3.79. The number of rotatable bonds is 4. The SMILES string of the molecule is C[C@H](Cn1cc(Br)cn1)Nc1ccc2c(c1)COC2. The fourth-order valence-electron chi connectivity index (χ4n) is 2.31. The van der Waals surface area contributed by atoms with E-state index in [2.05, 4.69) is 51.5 Å². The lowest BCUT2D eigenvalue weighted by Crippen LogP contribution is -2.22. The van der Waals surface area contributed by atoms with Gasteiger partial charge in [0.15, 0.2) is 0 Å². The van der Waals surface area contributed by atoms with Crippen LogP contribution in [0.3, 0.4) is 0 Å². The third-order valence-electron chi connectivity index (χ3n) is 3.20. The van der Waals surface area contributed by atoms with Crippen LogP contribution in [-0.2, 0) is 24.5 Å². The molecule has 0 aliphatic carbocycles. The van der Waals surface area contributed by atoms with Crippen molar-refractivity contribution < 1.29 is 4.74 Å². The summed E-state index contributed by atoms with van der Waals surface area (Å²) in [5.74, 6) is 0. The number of halogens is 1. The molecule has 2 heterocycles. The maximum Gasteiger partial charge on any atom is 0.0725 e. The van der Waals surface area contributed by atoms with Crippen LogP contribution in [-0.4, -0.2) is 15.8 Å². The molecular weight excluding hydrogens is 306 g/mol. The van der Waals surface area contributed by atoms with E-state index in [1.807, 2.05) is 10.9 Å². The highest BCUT2D eigenvalue weighted by Crippen LogP contribution is 2.23. The zero-order valence-electron chi connectivity index (χ0n) is 10.8. The van der Waals surface area contributed by atoms with Gasteiger partial charge in [-0.25, -0.2) is 0 Å². The quantitative estimate of drug-likeness (QED) is 0.940. The van der Waals surface area contributed by atoms with Crippen LogP contribution in [0.5, 0.6) is 0 Å². The third-order valence-corrected chi connectivity index (χ3v) is 3.61. The number of anilines is 1. The lowest BCUT2D eigenvalue weighted by Gasteiger charge is -2.16. The summed E-state index contributed by atoms with van der Waals surface area (Å²) in [5.41, 5.74) is 3.73. The van der Waals surface area contributed by atoms with Crippen LogP contribution in [0.1, 0.15) is 18.1 Å². The van der Waals surface area contributed by atoms with Crippen molar-refractivity contribution in [3.05, 3.63) is 46.2 Å². The highest BCUT2D eigenvalue weighted by atomic mass is 79.9. The van der Waals surface area contributed by atoms with Crippen LogP contribution in [0.4, 0.5) is 5.69 Å². The summed E-state index contributed by atoms with van der Waals surface area (Å²) in [6, 6.07) is 6.75. The van der Waals surface area contributed by atoms with Crippen molar-refractivity contribution in [3.63, 3.8) is 0 Å². The highest BCUT2D eigenvalue weighted by molar-refractivity contribution is 9.10. The fraction of sp³-hybridized carbons (Fsp3) is 0.357. The van der Waals surface area contributed by atoms with Crippen molar-refractivity contribution >= 4 is 21.6 Å². The number of ether oxygens (including phenoxy) is 1. The Morgan fingerprint density at radius 1 is 1.42 bits per heavy atom. The first kappa shape index (κ1) is 12.7. The number of hydrogen-bond acceptors (Lipinski definition) is 3. The summed E-state index contributed by atoms with van der Waals surface area (Å²) >= 11 is 3.41. The molecule has 0 amide bonds. The summed E-state index contributed by atoms with van der Waals surface area (Å²) in [7, 11) is 0. The summed E-state index contributed by atoms with van der Waals surface area (Å²) < 4.78 is 8.36. The Morgan fingerprint density at radius 2 is 2.26 bits per heavy atom. The summed E-state index contributed by atoms with van der Waals surface area (Å²) in [4.78, 5) is 0. The molecule has 0 unspecified atom stereocenters. The fourth-order valence-corrected chi connectivity index (χ4v) is 2.64. The van der Waals surface area contributed by atoms with Gasteiger partial charge in [0.2, 0.25) is 0 Å². The molecule has 1 aliphatic rings. The molecule has 0 spiro atoms. The van der Waals surface area contributed by atoms with E-state index in [9.17, 15) is 0 Å². The predicted octanol–water partition coefficient (Wildman–Crippen LogP) is 3.18. The molecule has 1 atom stereocenters. The first-order chi connectivity index (χ1) is 9.20. The van der Waals surface area contributed by atoms with Crippen LogP contribution in [0.25, 0.3) is 0 Å². The van der Waals surface area contributed by atoms with Gasteiger partial charge >= 0.3 is 0 Å². The van der Waals surface area contributed by atoms with Crippen molar-refractivity contribution in [1.29, 1.82) is 0 Å². The lowest BCUT2D eigenvalue weighted by molar-refractivity contribution is 0.134. The van der Waals surface area contributed by atoms with Crippen molar-refractivity contribution in [2.75, 3.05) is 5.32 Å². The maximum absolute atomic E-state index is 5.43. The van der Waals surface area contributed by atoms with Crippen LogP contribution < -0.4 is 5.32 Å². The Bertz CT molecular complexity index is 582. The number of nitrogens with one attached hydrogen (secondary N) is 1. The number of benzene rings is 1. The van der Waals surface area contributed by atoms with E-state index in [4.69, 9.17) is 4.74 Å². The Balaban J connectivity index is 1.64. The van der Waals surface area contributed by atoms with Crippen LogP contribution >= 0.6 is 15.9 Å². The standard InChI is InChI=1S/C14H16BrN3O/c1-10(6-18-7-13(15)5-16-18)17-14-3-2-11-8-19-9-12(11)4-14/h2-5,7,10,17H,6,8-9H2,1H3/t10-/m1/s1. The van der Waals surface area contributed by atoms with Gasteiger partial charge in [-0.1, -0.05) is 6.07 Å². The number of aromatic nitrogens is 2. The molecule has 4 nitrogen and oxygen atoms in total. The second kappa shape index (κ2) is 5.35. The van der Waals surface area contributed by atoms with Crippen LogP contribution in [0.2, 0.25) is 0 Å². The van der Waals surface area contributed by atoms with Gasteiger partial charge in [0.1, 0.15) is 0 Å². The van der Waals surface area contributed by atoms with Gasteiger partial charge in [0, 0.05) is 17.9 Å². The summed E-state index contributed by atoms with van der Waals surface area (Å²) in [5, 5.41) is 7.76. The molecular formula is C14H16BrN3O. The van der Waals surface area contributed by atoms with E-state index >= 15 is 0 Å². The van der Waals surface area contributed by atoms with E-state index in [0.29, 0.717) is 6.04 Å². The minimum atomic E-state index is 0.312. The van der Waals surface area contributed by atoms with E-state index < -0.39 is 0 Å². The minimum Gasteiger partial charge on any atom is -0.381 e. The van der Waals surface area contributed by atoms with Gasteiger partial charge in [-0.3, -0.25) is 4.68 Å². The van der Waals surface area contributed by atoms with Gasteiger partial charge in [-0.05, 0) is 46.1 Å². The van der Waals surface area contributed by atoms with E-state index in [1.165, 1.54) is 11.1 Å².